The van der Waals surface area contributed by atoms with Crippen molar-refractivity contribution in [2.24, 2.45) is 0 Å². The van der Waals surface area contributed by atoms with Gasteiger partial charge in [0.2, 0.25) is 0 Å². The molecule has 2 aromatic rings. The van der Waals surface area contributed by atoms with Crippen LogP contribution in [0.1, 0.15) is 17.5 Å². The molecule has 24 heavy (non-hydrogen) atoms. The number of ether oxygens (including phenoxy) is 1. The number of rotatable bonds is 6. The van der Waals surface area contributed by atoms with E-state index in [1.807, 2.05) is 0 Å². The van der Waals surface area contributed by atoms with E-state index >= 15 is 0 Å². The quantitative estimate of drug-likeness (QED) is 0.778. The summed E-state index contributed by atoms with van der Waals surface area (Å²) in [7, 11) is 0. The lowest BCUT2D eigenvalue weighted by Gasteiger charge is -2.13. The number of anilines is 1. The second-order valence-electron chi connectivity index (χ2n) is 4.79. The van der Waals surface area contributed by atoms with Crippen LogP contribution in [-0.4, -0.2) is 30.4 Å². The molecule has 2 amide bonds. The molecule has 1 heterocycles. The normalized spacial score (nSPS) is 11.4. The average Bonchev–Trinajstić information content (AvgIpc) is 3.09. The summed E-state index contributed by atoms with van der Waals surface area (Å²) in [5.41, 5.74) is 0.526. The highest BCUT2D eigenvalue weighted by molar-refractivity contribution is 6.30. The Kier molecular flexibility index (Phi) is 5.97. The topological polar surface area (TPSA) is 97.6 Å². The van der Waals surface area contributed by atoms with E-state index < -0.39 is 23.9 Å². The lowest BCUT2D eigenvalue weighted by atomic mass is 10.3. The predicted molar refractivity (Wildman–Crippen MR) is 86.7 cm³/mol. The molecule has 2 N–H and O–H groups in total. The molecule has 0 spiro atoms. The molecular formula is C16H15ClN2O5. The first-order chi connectivity index (χ1) is 11.5. The van der Waals surface area contributed by atoms with Gasteiger partial charge in [-0.25, -0.2) is 0 Å². The fraction of sp³-hybridized carbons (Fsp3) is 0.188. The lowest BCUT2D eigenvalue weighted by Crippen LogP contribution is -2.35. The molecule has 0 fully saturated rings. The summed E-state index contributed by atoms with van der Waals surface area (Å²) in [5.74, 6) is -1.71. The van der Waals surface area contributed by atoms with Crippen molar-refractivity contribution in [3.8, 4) is 0 Å². The highest BCUT2D eigenvalue weighted by Gasteiger charge is 2.19. The van der Waals surface area contributed by atoms with E-state index in [4.69, 9.17) is 20.8 Å². The first kappa shape index (κ1) is 17.6. The number of halogens is 1. The van der Waals surface area contributed by atoms with Crippen LogP contribution in [0.15, 0.2) is 47.1 Å². The third-order valence-electron chi connectivity index (χ3n) is 2.93. The Bertz CT molecular complexity index is 713. The molecule has 8 heteroatoms. The number of carbonyl (C=O) groups excluding carboxylic acids is 3. The first-order valence-corrected chi connectivity index (χ1v) is 7.41. The van der Waals surface area contributed by atoms with Crippen LogP contribution in [0.5, 0.6) is 0 Å². The molecule has 1 aromatic carbocycles. The minimum absolute atomic E-state index is 0.0799. The van der Waals surface area contributed by atoms with Gasteiger partial charge >= 0.3 is 5.97 Å². The van der Waals surface area contributed by atoms with Gasteiger partial charge in [0.1, 0.15) is 6.54 Å². The Morgan fingerprint density at radius 3 is 2.54 bits per heavy atom. The van der Waals surface area contributed by atoms with Gasteiger partial charge in [-0.2, -0.15) is 0 Å². The molecule has 0 saturated heterocycles. The zero-order chi connectivity index (χ0) is 17.5. The van der Waals surface area contributed by atoms with Crippen LogP contribution in [0.4, 0.5) is 5.69 Å². The van der Waals surface area contributed by atoms with Crippen LogP contribution >= 0.6 is 11.6 Å². The maximum absolute atomic E-state index is 11.9. The predicted octanol–water partition coefficient (Wildman–Crippen LogP) is 2.23. The summed E-state index contributed by atoms with van der Waals surface area (Å²) >= 11 is 5.75. The van der Waals surface area contributed by atoms with Crippen LogP contribution in [0.25, 0.3) is 0 Å². The fourth-order valence-electron chi connectivity index (χ4n) is 1.72. The molecule has 0 bridgehead atoms. The zero-order valence-electron chi connectivity index (χ0n) is 12.7. The number of esters is 1. The van der Waals surface area contributed by atoms with Gasteiger partial charge in [0, 0.05) is 10.7 Å². The minimum atomic E-state index is -1.02. The highest BCUT2D eigenvalue weighted by Crippen LogP contribution is 2.13. The number of amides is 2. The van der Waals surface area contributed by atoms with E-state index in [1.165, 1.54) is 19.3 Å². The molecular weight excluding hydrogens is 336 g/mol. The van der Waals surface area contributed by atoms with Crippen molar-refractivity contribution < 1.29 is 23.5 Å². The number of nitrogens with one attached hydrogen (secondary N) is 2. The summed E-state index contributed by atoms with van der Waals surface area (Å²) in [6.07, 6.45) is 0.324. The van der Waals surface area contributed by atoms with Gasteiger partial charge < -0.3 is 19.8 Å². The number of carbonyl (C=O) groups is 3. The Labute approximate surface area is 142 Å². The standard InChI is InChI=1S/C16H15ClN2O5/c1-10(15(21)19-12-6-4-11(17)5-7-12)24-14(20)9-18-16(22)13-3-2-8-23-13/h2-8,10H,9H2,1H3,(H,18,22)(H,19,21). The van der Waals surface area contributed by atoms with Gasteiger partial charge in [-0.15, -0.1) is 0 Å². The molecule has 0 aliphatic rings. The van der Waals surface area contributed by atoms with Gasteiger partial charge in [-0.3, -0.25) is 14.4 Å². The van der Waals surface area contributed by atoms with Gasteiger partial charge in [-0.1, -0.05) is 11.6 Å². The van der Waals surface area contributed by atoms with Gasteiger partial charge in [0.15, 0.2) is 11.9 Å². The monoisotopic (exact) mass is 350 g/mol. The highest BCUT2D eigenvalue weighted by atomic mass is 35.5. The number of hydrogen-bond donors (Lipinski definition) is 2. The Morgan fingerprint density at radius 1 is 1.21 bits per heavy atom. The number of furan rings is 1. The second-order valence-corrected chi connectivity index (χ2v) is 5.22. The second kappa shape index (κ2) is 8.16. The molecule has 1 unspecified atom stereocenters. The molecule has 1 aromatic heterocycles. The number of benzene rings is 1. The summed E-state index contributed by atoms with van der Waals surface area (Å²) in [5, 5.41) is 5.46. The number of hydrogen-bond acceptors (Lipinski definition) is 5. The van der Waals surface area contributed by atoms with E-state index in [1.54, 1.807) is 30.3 Å². The van der Waals surface area contributed by atoms with Gasteiger partial charge in [0.25, 0.3) is 11.8 Å². The smallest absolute Gasteiger partial charge is 0.326 e. The molecule has 0 aliphatic carbocycles. The Hall–Kier alpha value is -2.80. The van der Waals surface area contributed by atoms with Crippen LogP contribution in [0.2, 0.25) is 5.02 Å². The average molecular weight is 351 g/mol. The van der Waals surface area contributed by atoms with Crippen molar-refractivity contribution in [1.29, 1.82) is 0 Å². The summed E-state index contributed by atoms with van der Waals surface area (Å²) in [6.45, 7) is 1.05. The molecule has 2 rings (SSSR count). The maximum Gasteiger partial charge on any atom is 0.326 e. The Morgan fingerprint density at radius 2 is 1.92 bits per heavy atom. The van der Waals surface area contributed by atoms with Crippen LogP contribution in [-0.2, 0) is 14.3 Å². The van der Waals surface area contributed by atoms with Crippen molar-refractivity contribution in [3.05, 3.63) is 53.4 Å². The summed E-state index contributed by atoms with van der Waals surface area (Å²) < 4.78 is 9.84. The van der Waals surface area contributed by atoms with Crippen LogP contribution in [0, 0.1) is 0 Å². The minimum Gasteiger partial charge on any atom is -0.459 e. The molecule has 7 nitrogen and oxygen atoms in total. The van der Waals surface area contributed by atoms with Crippen LogP contribution in [0.3, 0.4) is 0 Å². The third kappa shape index (κ3) is 5.13. The Balaban J connectivity index is 1.77. The largest absolute Gasteiger partial charge is 0.459 e. The van der Waals surface area contributed by atoms with Crippen molar-refractivity contribution in [1.82, 2.24) is 5.32 Å². The van der Waals surface area contributed by atoms with E-state index in [2.05, 4.69) is 10.6 Å². The van der Waals surface area contributed by atoms with Gasteiger partial charge in [0.05, 0.1) is 6.26 Å². The SMILES string of the molecule is CC(OC(=O)CNC(=O)c1ccco1)C(=O)Nc1ccc(Cl)cc1. The van der Waals surface area contributed by atoms with E-state index in [0.29, 0.717) is 10.7 Å². The molecule has 126 valence electrons. The van der Waals surface area contributed by atoms with Crippen molar-refractivity contribution in [2.75, 3.05) is 11.9 Å². The van der Waals surface area contributed by atoms with E-state index in [0.717, 1.165) is 0 Å². The molecule has 0 radical (unpaired) electrons. The summed E-state index contributed by atoms with van der Waals surface area (Å²) in [4.78, 5) is 35.2. The van der Waals surface area contributed by atoms with Crippen molar-refractivity contribution >= 4 is 35.1 Å². The van der Waals surface area contributed by atoms with E-state index in [9.17, 15) is 14.4 Å². The van der Waals surface area contributed by atoms with Crippen molar-refractivity contribution in [2.45, 2.75) is 13.0 Å². The first-order valence-electron chi connectivity index (χ1n) is 7.03. The molecule has 0 aliphatic heterocycles. The lowest BCUT2D eigenvalue weighted by molar-refractivity contribution is -0.152. The fourth-order valence-corrected chi connectivity index (χ4v) is 1.84. The van der Waals surface area contributed by atoms with Crippen molar-refractivity contribution in [3.63, 3.8) is 0 Å². The molecule has 1 atom stereocenters. The van der Waals surface area contributed by atoms with Crippen LogP contribution < -0.4 is 10.6 Å². The van der Waals surface area contributed by atoms with E-state index in [-0.39, 0.29) is 12.3 Å². The van der Waals surface area contributed by atoms with Gasteiger partial charge in [-0.05, 0) is 43.3 Å². The molecule has 0 saturated carbocycles. The zero-order valence-corrected chi connectivity index (χ0v) is 13.5. The maximum atomic E-state index is 11.9. The third-order valence-corrected chi connectivity index (χ3v) is 3.18. The summed E-state index contributed by atoms with van der Waals surface area (Å²) in [6, 6.07) is 9.51.